The molecule has 1 fully saturated rings. The quantitative estimate of drug-likeness (QED) is 0.372. The maximum Gasteiger partial charge on any atom is 0.305 e. The third-order valence-corrected chi connectivity index (χ3v) is 2.39. The van der Waals surface area contributed by atoms with E-state index in [0.29, 0.717) is 0 Å². The Morgan fingerprint density at radius 2 is 1.55 bits per heavy atom. The van der Waals surface area contributed by atoms with Crippen LogP contribution in [0.1, 0.15) is 13.8 Å². The van der Waals surface area contributed by atoms with Gasteiger partial charge in [0.1, 0.15) is 6.10 Å². The van der Waals surface area contributed by atoms with Crippen molar-refractivity contribution in [3.63, 3.8) is 0 Å². The van der Waals surface area contributed by atoms with Crippen LogP contribution in [0.25, 0.3) is 0 Å². The first-order chi connectivity index (χ1) is 9.49. The Hall–Kier alpha value is -1.26. The second kappa shape index (κ2) is 8.12. The predicted molar refractivity (Wildman–Crippen MR) is 60.8 cm³/mol. The topological polar surface area (TPSA) is 98.8 Å². The molecule has 1 aliphatic rings. The van der Waals surface area contributed by atoms with E-state index in [1.165, 1.54) is 28.1 Å². The molecule has 0 amide bonds. The van der Waals surface area contributed by atoms with E-state index in [9.17, 15) is 9.59 Å². The molecular formula is C11H18O9. The van der Waals surface area contributed by atoms with Crippen molar-refractivity contribution in [2.45, 2.75) is 38.4 Å². The SMILES string of the molecule is COO[C@H]1[C@H](OOC)COC(OC(C)=O)[C@@H]1OC(C)=O. The average Bonchev–Trinajstić information content (AvgIpc) is 2.35. The third kappa shape index (κ3) is 4.69. The van der Waals surface area contributed by atoms with Crippen LogP contribution in [0.15, 0.2) is 0 Å². The van der Waals surface area contributed by atoms with Gasteiger partial charge in [-0.2, -0.15) is 0 Å². The summed E-state index contributed by atoms with van der Waals surface area (Å²) < 4.78 is 15.3. The molecule has 1 saturated heterocycles. The molecular weight excluding hydrogens is 276 g/mol. The number of hydrogen-bond acceptors (Lipinski definition) is 9. The first kappa shape index (κ1) is 16.8. The summed E-state index contributed by atoms with van der Waals surface area (Å²) >= 11 is 0. The van der Waals surface area contributed by atoms with Crippen LogP contribution in [0.2, 0.25) is 0 Å². The molecule has 1 aliphatic heterocycles. The molecule has 0 saturated carbocycles. The van der Waals surface area contributed by atoms with Crippen LogP contribution in [0.5, 0.6) is 0 Å². The molecule has 0 aliphatic carbocycles. The first-order valence-corrected chi connectivity index (χ1v) is 5.84. The highest BCUT2D eigenvalue weighted by Gasteiger charge is 2.47. The molecule has 0 aromatic heterocycles. The lowest BCUT2D eigenvalue weighted by Gasteiger charge is -2.38. The summed E-state index contributed by atoms with van der Waals surface area (Å²) in [6.07, 6.45) is -3.78. The van der Waals surface area contributed by atoms with Crippen molar-refractivity contribution in [3.05, 3.63) is 0 Å². The lowest BCUT2D eigenvalue weighted by molar-refractivity contribution is -0.417. The first-order valence-electron chi connectivity index (χ1n) is 5.84. The number of ether oxygens (including phenoxy) is 3. The molecule has 116 valence electrons. The number of carbonyl (C=O) groups excluding carboxylic acids is 2. The van der Waals surface area contributed by atoms with Crippen molar-refractivity contribution in [2.24, 2.45) is 0 Å². The minimum atomic E-state index is -1.12. The van der Waals surface area contributed by atoms with Gasteiger partial charge < -0.3 is 14.2 Å². The van der Waals surface area contributed by atoms with Gasteiger partial charge in [-0.1, -0.05) is 0 Å². The van der Waals surface area contributed by atoms with Crippen LogP contribution in [0, 0.1) is 0 Å². The summed E-state index contributed by atoms with van der Waals surface area (Å²) in [4.78, 5) is 41.4. The Labute approximate surface area is 115 Å². The van der Waals surface area contributed by atoms with Crippen LogP contribution in [0.4, 0.5) is 0 Å². The van der Waals surface area contributed by atoms with Crippen molar-refractivity contribution in [1.82, 2.24) is 0 Å². The number of rotatable bonds is 6. The van der Waals surface area contributed by atoms with Crippen LogP contribution >= 0.6 is 0 Å². The zero-order valence-corrected chi connectivity index (χ0v) is 11.7. The molecule has 20 heavy (non-hydrogen) atoms. The average molecular weight is 294 g/mol. The highest BCUT2D eigenvalue weighted by molar-refractivity contribution is 5.67. The molecule has 4 atom stereocenters. The van der Waals surface area contributed by atoms with Gasteiger partial charge in [0.05, 0.1) is 20.8 Å². The fourth-order valence-electron chi connectivity index (χ4n) is 1.76. The molecule has 0 spiro atoms. The van der Waals surface area contributed by atoms with Crippen molar-refractivity contribution >= 4 is 11.9 Å². The maximum atomic E-state index is 11.2. The second-order valence-electron chi connectivity index (χ2n) is 3.91. The molecule has 0 radical (unpaired) electrons. The van der Waals surface area contributed by atoms with Crippen LogP contribution in [-0.4, -0.2) is 57.4 Å². The van der Waals surface area contributed by atoms with Gasteiger partial charge >= 0.3 is 11.9 Å². The minimum absolute atomic E-state index is 0.00240. The van der Waals surface area contributed by atoms with E-state index in [1.54, 1.807) is 0 Å². The van der Waals surface area contributed by atoms with E-state index in [2.05, 4.69) is 9.78 Å². The van der Waals surface area contributed by atoms with Gasteiger partial charge in [0.2, 0.25) is 6.29 Å². The monoisotopic (exact) mass is 294 g/mol. The van der Waals surface area contributed by atoms with E-state index in [1.807, 2.05) is 0 Å². The van der Waals surface area contributed by atoms with Gasteiger partial charge in [0, 0.05) is 13.8 Å². The van der Waals surface area contributed by atoms with Crippen LogP contribution < -0.4 is 0 Å². The van der Waals surface area contributed by atoms with Crippen LogP contribution in [0.3, 0.4) is 0 Å². The largest absolute Gasteiger partial charge is 0.453 e. The summed E-state index contributed by atoms with van der Waals surface area (Å²) in [5.41, 5.74) is 0. The molecule has 0 N–H and O–H groups in total. The number of carbonyl (C=O) groups is 2. The molecule has 0 aromatic rings. The minimum Gasteiger partial charge on any atom is -0.453 e. The Kier molecular flexibility index (Phi) is 6.82. The fraction of sp³-hybridized carbons (Fsp3) is 0.818. The molecule has 1 heterocycles. The van der Waals surface area contributed by atoms with E-state index in [-0.39, 0.29) is 6.61 Å². The predicted octanol–water partition coefficient (Wildman–Crippen LogP) is -0.269. The highest BCUT2D eigenvalue weighted by atomic mass is 17.2. The Morgan fingerprint density at radius 3 is 2.05 bits per heavy atom. The molecule has 0 aromatic carbocycles. The number of hydrogen-bond donors (Lipinski definition) is 0. The van der Waals surface area contributed by atoms with Gasteiger partial charge in [0.15, 0.2) is 12.2 Å². The second-order valence-corrected chi connectivity index (χ2v) is 3.91. The zero-order valence-electron chi connectivity index (χ0n) is 11.7. The molecule has 9 heteroatoms. The summed E-state index contributed by atoms with van der Waals surface area (Å²) in [5.74, 6) is -1.19. The highest BCUT2D eigenvalue weighted by Crippen LogP contribution is 2.25. The van der Waals surface area contributed by atoms with E-state index >= 15 is 0 Å². The third-order valence-electron chi connectivity index (χ3n) is 2.39. The zero-order chi connectivity index (χ0) is 15.1. The van der Waals surface area contributed by atoms with Gasteiger partial charge in [-0.15, -0.1) is 0 Å². The van der Waals surface area contributed by atoms with Gasteiger partial charge in [-0.05, 0) is 0 Å². The summed E-state index contributed by atoms with van der Waals surface area (Å²) in [5, 5.41) is 0. The van der Waals surface area contributed by atoms with E-state index in [4.69, 9.17) is 24.0 Å². The Morgan fingerprint density at radius 1 is 0.950 bits per heavy atom. The van der Waals surface area contributed by atoms with Gasteiger partial charge in [-0.25, -0.2) is 19.6 Å². The lowest BCUT2D eigenvalue weighted by atomic mass is 10.1. The van der Waals surface area contributed by atoms with Crippen LogP contribution in [-0.2, 0) is 43.3 Å². The maximum absolute atomic E-state index is 11.2. The Bertz CT molecular complexity index is 332. The smallest absolute Gasteiger partial charge is 0.305 e. The van der Waals surface area contributed by atoms with Crippen molar-refractivity contribution in [1.29, 1.82) is 0 Å². The van der Waals surface area contributed by atoms with Crippen molar-refractivity contribution in [2.75, 3.05) is 20.8 Å². The van der Waals surface area contributed by atoms with Gasteiger partial charge in [0.25, 0.3) is 0 Å². The summed E-state index contributed by atoms with van der Waals surface area (Å²) in [6, 6.07) is 0. The summed E-state index contributed by atoms with van der Waals surface area (Å²) in [6.45, 7) is 2.41. The summed E-state index contributed by atoms with van der Waals surface area (Å²) in [7, 11) is 2.59. The van der Waals surface area contributed by atoms with Gasteiger partial charge in [-0.3, -0.25) is 9.59 Å². The number of esters is 2. The lowest BCUT2D eigenvalue weighted by Crippen LogP contribution is -2.57. The van der Waals surface area contributed by atoms with Crippen molar-refractivity contribution in [3.8, 4) is 0 Å². The normalized spacial score (nSPS) is 29.8. The molecule has 1 unspecified atom stereocenters. The van der Waals surface area contributed by atoms with E-state index in [0.717, 1.165) is 0 Å². The fourth-order valence-corrected chi connectivity index (χ4v) is 1.76. The van der Waals surface area contributed by atoms with E-state index < -0.39 is 36.5 Å². The molecule has 9 nitrogen and oxygen atoms in total. The van der Waals surface area contributed by atoms with Crippen molar-refractivity contribution < 1.29 is 43.3 Å². The molecule has 1 rings (SSSR count). The standard InChI is InChI=1S/C11H18O9/c1-6(12)17-10-9(20-15-4)8(19-14-3)5-16-11(10)18-7(2)13/h8-11H,5H2,1-4H3/t8-,9+,10-,11?/m1/s1. The Balaban J connectivity index is 2.88. The molecule has 0 bridgehead atoms.